The van der Waals surface area contributed by atoms with Gasteiger partial charge in [-0.1, -0.05) is 6.92 Å². The Hall–Kier alpha value is -2.67. The van der Waals surface area contributed by atoms with E-state index in [4.69, 9.17) is 4.74 Å². The minimum atomic E-state index is -0.477. The van der Waals surface area contributed by atoms with Gasteiger partial charge in [0.2, 0.25) is 0 Å². The number of carbonyl (C=O) groups excluding carboxylic acids is 2. The molecule has 0 atom stereocenters. The lowest BCUT2D eigenvalue weighted by Crippen LogP contribution is -2.10. The first-order valence-corrected chi connectivity index (χ1v) is 8.19. The third-order valence-electron chi connectivity index (χ3n) is 3.13. The number of Topliss-reactive ketones (excluding diaryl/α,β-unsaturated/α-hetero) is 1. The second kappa shape index (κ2) is 8.26. The van der Waals surface area contributed by atoms with Gasteiger partial charge in [-0.3, -0.25) is 19.7 Å². The summed E-state index contributed by atoms with van der Waals surface area (Å²) in [6.07, 6.45) is 0.422. The summed E-state index contributed by atoms with van der Waals surface area (Å²) in [6, 6.07) is 12.3. The third-order valence-corrected chi connectivity index (χ3v) is 4.12. The lowest BCUT2D eigenvalue weighted by atomic mass is 10.1. The highest BCUT2D eigenvalue weighted by atomic mass is 32.2. The van der Waals surface area contributed by atoms with Crippen LogP contribution in [0.25, 0.3) is 0 Å². The second-order valence-electron chi connectivity index (χ2n) is 4.81. The van der Waals surface area contributed by atoms with E-state index in [1.807, 2.05) is 0 Å². The molecule has 0 saturated carbocycles. The van der Waals surface area contributed by atoms with Crippen LogP contribution in [0.5, 0.6) is 5.75 Å². The first-order chi connectivity index (χ1) is 11.5. The summed E-state index contributed by atoms with van der Waals surface area (Å²) in [5.74, 6) is 0.0412. The molecule has 0 aliphatic heterocycles. The van der Waals surface area contributed by atoms with Crippen LogP contribution >= 0.6 is 11.8 Å². The molecule has 0 heterocycles. The fourth-order valence-electron chi connectivity index (χ4n) is 1.88. The highest BCUT2D eigenvalue weighted by molar-refractivity contribution is 8.00. The van der Waals surface area contributed by atoms with Crippen molar-refractivity contribution in [3.8, 4) is 5.75 Å². The quantitative estimate of drug-likeness (QED) is 0.189. The molecule has 2 aromatic rings. The van der Waals surface area contributed by atoms with E-state index in [2.05, 4.69) is 0 Å². The molecule has 0 aliphatic rings. The lowest BCUT2D eigenvalue weighted by molar-refractivity contribution is -0.384. The predicted molar refractivity (Wildman–Crippen MR) is 90.5 cm³/mol. The van der Waals surface area contributed by atoms with Crippen molar-refractivity contribution in [1.29, 1.82) is 0 Å². The molecule has 124 valence electrons. The number of hydrogen-bond acceptors (Lipinski definition) is 6. The molecule has 0 aromatic heterocycles. The predicted octanol–water partition coefficient (Wildman–Crippen LogP) is 3.89. The SMILES string of the molecule is CCC(=O)c1ccc(OC(=O)CSc2ccc([N+](=O)[O-])cc2)cc1. The molecule has 0 bridgehead atoms. The van der Waals surface area contributed by atoms with Gasteiger partial charge in [0, 0.05) is 29.0 Å². The number of hydrogen-bond donors (Lipinski definition) is 0. The molecule has 0 N–H and O–H groups in total. The van der Waals surface area contributed by atoms with Crippen molar-refractivity contribution in [3.63, 3.8) is 0 Å². The van der Waals surface area contributed by atoms with Crippen molar-refractivity contribution in [2.45, 2.75) is 18.2 Å². The number of esters is 1. The first-order valence-electron chi connectivity index (χ1n) is 7.20. The average Bonchev–Trinajstić information content (AvgIpc) is 2.60. The van der Waals surface area contributed by atoms with E-state index in [1.165, 1.54) is 23.9 Å². The van der Waals surface area contributed by atoms with Gasteiger partial charge in [0.15, 0.2) is 5.78 Å². The zero-order valence-electron chi connectivity index (χ0n) is 12.9. The molecule has 2 rings (SSSR count). The molecule has 0 amide bonds. The Morgan fingerprint density at radius 2 is 1.71 bits per heavy atom. The van der Waals surface area contributed by atoms with Gasteiger partial charge in [-0.15, -0.1) is 11.8 Å². The number of nitro groups is 1. The van der Waals surface area contributed by atoms with Crippen molar-refractivity contribution in [1.82, 2.24) is 0 Å². The fraction of sp³-hybridized carbons (Fsp3) is 0.176. The molecule has 24 heavy (non-hydrogen) atoms. The summed E-state index contributed by atoms with van der Waals surface area (Å²) in [7, 11) is 0. The smallest absolute Gasteiger partial charge is 0.321 e. The number of ether oxygens (including phenoxy) is 1. The average molecular weight is 345 g/mol. The van der Waals surface area contributed by atoms with Crippen molar-refractivity contribution >= 4 is 29.2 Å². The molecule has 0 spiro atoms. The van der Waals surface area contributed by atoms with Gasteiger partial charge in [0.05, 0.1) is 10.7 Å². The number of carbonyl (C=O) groups is 2. The van der Waals surface area contributed by atoms with Crippen LogP contribution < -0.4 is 4.74 Å². The van der Waals surface area contributed by atoms with Crippen molar-refractivity contribution < 1.29 is 19.2 Å². The summed E-state index contributed by atoms with van der Waals surface area (Å²) >= 11 is 1.23. The van der Waals surface area contributed by atoms with Gasteiger partial charge in [-0.25, -0.2) is 0 Å². The number of nitro benzene ring substituents is 1. The Labute approximate surface area is 143 Å². The van der Waals surface area contributed by atoms with Gasteiger partial charge in [-0.05, 0) is 36.4 Å². The topological polar surface area (TPSA) is 86.5 Å². The molecular weight excluding hydrogens is 330 g/mol. The van der Waals surface area contributed by atoms with Gasteiger partial charge in [0.25, 0.3) is 5.69 Å². The van der Waals surface area contributed by atoms with E-state index in [1.54, 1.807) is 43.3 Å². The van der Waals surface area contributed by atoms with Crippen LogP contribution in [-0.4, -0.2) is 22.4 Å². The van der Waals surface area contributed by atoms with Crippen LogP contribution in [0.3, 0.4) is 0 Å². The van der Waals surface area contributed by atoms with Crippen LogP contribution in [0.1, 0.15) is 23.7 Å². The summed E-state index contributed by atoms with van der Waals surface area (Å²) in [6.45, 7) is 1.78. The van der Waals surface area contributed by atoms with Crippen molar-refractivity contribution in [2.75, 3.05) is 5.75 Å². The van der Waals surface area contributed by atoms with Crippen LogP contribution in [0.2, 0.25) is 0 Å². The fourth-order valence-corrected chi connectivity index (χ4v) is 2.55. The standard InChI is InChI=1S/C17H15NO5S/c1-2-16(19)12-3-7-14(8-4-12)23-17(20)11-24-15-9-5-13(6-10-15)18(21)22/h3-10H,2,11H2,1H3. The molecule has 0 radical (unpaired) electrons. The maximum atomic E-state index is 11.8. The molecule has 0 saturated heterocycles. The van der Waals surface area contributed by atoms with E-state index in [0.717, 1.165) is 4.90 Å². The molecule has 7 heteroatoms. The highest BCUT2D eigenvalue weighted by Crippen LogP contribution is 2.22. The Kier molecular flexibility index (Phi) is 6.08. The lowest BCUT2D eigenvalue weighted by Gasteiger charge is -2.05. The van der Waals surface area contributed by atoms with Gasteiger partial charge < -0.3 is 4.74 Å². The molecule has 0 aliphatic carbocycles. The van der Waals surface area contributed by atoms with E-state index in [-0.39, 0.29) is 17.2 Å². The Morgan fingerprint density at radius 3 is 2.25 bits per heavy atom. The largest absolute Gasteiger partial charge is 0.426 e. The minimum absolute atomic E-state index is 0.00337. The zero-order valence-corrected chi connectivity index (χ0v) is 13.7. The molecule has 6 nitrogen and oxygen atoms in total. The summed E-state index contributed by atoms with van der Waals surface area (Å²) < 4.78 is 5.19. The van der Waals surface area contributed by atoms with Crippen LogP contribution in [0.4, 0.5) is 5.69 Å². The molecular formula is C17H15NO5S. The van der Waals surface area contributed by atoms with Crippen LogP contribution in [-0.2, 0) is 4.79 Å². The molecule has 2 aromatic carbocycles. The first kappa shape index (κ1) is 17.7. The highest BCUT2D eigenvalue weighted by Gasteiger charge is 2.09. The zero-order chi connectivity index (χ0) is 17.5. The van der Waals surface area contributed by atoms with E-state index < -0.39 is 10.9 Å². The maximum absolute atomic E-state index is 11.8. The number of thioether (sulfide) groups is 1. The van der Waals surface area contributed by atoms with Crippen LogP contribution in [0, 0.1) is 10.1 Å². The summed E-state index contributed by atoms with van der Waals surface area (Å²) in [5.41, 5.74) is 0.584. The summed E-state index contributed by atoms with van der Waals surface area (Å²) in [5, 5.41) is 10.6. The molecule has 0 fully saturated rings. The van der Waals surface area contributed by atoms with E-state index in [0.29, 0.717) is 17.7 Å². The second-order valence-corrected chi connectivity index (χ2v) is 5.86. The Morgan fingerprint density at radius 1 is 1.08 bits per heavy atom. The third kappa shape index (κ3) is 4.92. The van der Waals surface area contributed by atoms with Gasteiger partial charge in [0.1, 0.15) is 5.75 Å². The Bertz CT molecular complexity index is 741. The summed E-state index contributed by atoms with van der Waals surface area (Å²) in [4.78, 5) is 34.2. The maximum Gasteiger partial charge on any atom is 0.321 e. The Balaban J connectivity index is 1.86. The van der Waals surface area contributed by atoms with Crippen LogP contribution in [0.15, 0.2) is 53.4 Å². The van der Waals surface area contributed by atoms with Crippen molar-refractivity contribution in [3.05, 3.63) is 64.2 Å². The van der Waals surface area contributed by atoms with E-state index >= 15 is 0 Å². The number of ketones is 1. The van der Waals surface area contributed by atoms with Gasteiger partial charge >= 0.3 is 5.97 Å². The number of rotatable bonds is 7. The number of benzene rings is 2. The van der Waals surface area contributed by atoms with Crippen molar-refractivity contribution in [2.24, 2.45) is 0 Å². The molecule has 0 unspecified atom stereocenters. The van der Waals surface area contributed by atoms with Gasteiger partial charge in [-0.2, -0.15) is 0 Å². The normalized spacial score (nSPS) is 10.2. The number of non-ortho nitro benzene ring substituents is 1. The van der Waals surface area contributed by atoms with E-state index in [9.17, 15) is 19.7 Å². The number of nitrogens with zero attached hydrogens (tertiary/aromatic N) is 1. The minimum Gasteiger partial charge on any atom is -0.426 e. The monoisotopic (exact) mass is 345 g/mol.